The van der Waals surface area contributed by atoms with Crippen molar-refractivity contribution >= 4 is 0 Å². The SMILES string of the molecule is CC(C)[C@@H]1OC(CO)[C@@H](N=[N+]=[N-])C(O)[C@@H]1O. The molecule has 1 aliphatic rings. The Morgan fingerprint density at radius 3 is 2.44 bits per heavy atom. The van der Waals surface area contributed by atoms with Crippen LogP contribution in [0, 0.1) is 5.92 Å². The van der Waals surface area contributed by atoms with E-state index in [9.17, 15) is 10.2 Å². The van der Waals surface area contributed by atoms with Crippen LogP contribution in [0.1, 0.15) is 13.8 Å². The topological polar surface area (TPSA) is 119 Å². The van der Waals surface area contributed by atoms with E-state index in [4.69, 9.17) is 15.4 Å². The van der Waals surface area contributed by atoms with Gasteiger partial charge in [0.1, 0.15) is 6.10 Å². The maximum Gasteiger partial charge on any atom is 0.107 e. The zero-order chi connectivity index (χ0) is 12.3. The molecule has 0 saturated carbocycles. The van der Waals surface area contributed by atoms with Crippen LogP contribution >= 0.6 is 0 Å². The number of rotatable bonds is 3. The third kappa shape index (κ3) is 2.45. The number of azide groups is 1. The lowest BCUT2D eigenvalue weighted by molar-refractivity contribution is -0.198. The predicted octanol–water partition coefficient (Wildman–Crippen LogP) is -0.197. The normalized spacial score (nSPS) is 39.5. The van der Waals surface area contributed by atoms with Gasteiger partial charge in [-0.3, -0.25) is 0 Å². The highest BCUT2D eigenvalue weighted by atomic mass is 16.5. The molecule has 0 aliphatic carbocycles. The third-order valence-electron chi connectivity index (χ3n) is 2.77. The van der Waals surface area contributed by atoms with Crippen molar-refractivity contribution in [2.75, 3.05) is 6.61 Å². The first-order valence-corrected chi connectivity index (χ1v) is 5.19. The molecule has 3 N–H and O–H groups in total. The van der Waals surface area contributed by atoms with E-state index in [2.05, 4.69) is 10.0 Å². The Labute approximate surface area is 93.3 Å². The Kier molecular flexibility index (Phi) is 4.52. The molecular formula is C9H17N3O4. The third-order valence-corrected chi connectivity index (χ3v) is 2.77. The molecule has 1 fully saturated rings. The second-order valence-corrected chi connectivity index (χ2v) is 4.24. The summed E-state index contributed by atoms with van der Waals surface area (Å²) in [6.07, 6.45) is -3.67. The second kappa shape index (κ2) is 5.47. The molecule has 0 amide bonds. The van der Waals surface area contributed by atoms with E-state index in [1.165, 1.54) is 0 Å². The largest absolute Gasteiger partial charge is 0.394 e. The molecule has 92 valence electrons. The van der Waals surface area contributed by atoms with Crippen LogP contribution in [0.25, 0.3) is 10.4 Å². The zero-order valence-electron chi connectivity index (χ0n) is 9.26. The molecule has 0 bridgehead atoms. The van der Waals surface area contributed by atoms with Crippen LogP contribution in [0.5, 0.6) is 0 Å². The predicted molar refractivity (Wildman–Crippen MR) is 55.5 cm³/mol. The molecule has 2 unspecified atom stereocenters. The minimum Gasteiger partial charge on any atom is -0.394 e. The summed E-state index contributed by atoms with van der Waals surface area (Å²) in [5, 5.41) is 32.0. The van der Waals surface area contributed by atoms with Gasteiger partial charge in [-0.25, -0.2) is 0 Å². The van der Waals surface area contributed by atoms with Crippen molar-refractivity contribution in [3.63, 3.8) is 0 Å². The molecule has 0 spiro atoms. The van der Waals surface area contributed by atoms with E-state index < -0.39 is 30.5 Å². The van der Waals surface area contributed by atoms with Crippen LogP contribution in [-0.2, 0) is 4.74 Å². The van der Waals surface area contributed by atoms with Gasteiger partial charge in [-0.05, 0) is 11.4 Å². The summed E-state index contributed by atoms with van der Waals surface area (Å²) in [7, 11) is 0. The first kappa shape index (κ1) is 13.2. The molecule has 16 heavy (non-hydrogen) atoms. The second-order valence-electron chi connectivity index (χ2n) is 4.24. The van der Waals surface area contributed by atoms with Gasteiger partial charge in [-0.1, -0.05) is 19.0 Å². The van der Waals surface area contributed by atoms with Crippen molar-refractivity contribution in [1.82, 2.24) is 0 Å². The van der Waals surface area contributed by atoms with Gasteiger partial charge in [-0.15, -0.1) is 0 Å². The highest BCUT2D eigenvalue weighted by molar-refractivity contribution is 4.97. The first-order chi connectivity index (χ1) is 7.52. The number of hydrogen-bond acceptors (Lipinski definition) is 5. The van der Waals surface area contributed by atoms with Gasteiger partial charge in [0.25, 0.3) is 0 Å². The van der Waals surface area contributed by atoms with Crippen LogP contribution in [0.2, 0.25) is 0 Å². The highest BCUT2D eigenvalue weighted by Gasteiger charge is 2.44. The van der Waals surface area contributed by atoms with E-state index >= 15 is 0 Å². The zero-order valence-corrected chi connectivity index (χ0v) is 9.26. The van der Waals surface area contributed by atoms with E-state index in [0.29, 0.717) is 0 Å². The maximum atomic E-state index is 9.78. The van der Waals surface area contributed by atoms with Crippen molar-refractivity contribution in [1.29, 1.82) is 0 Å². The summed E-state index contributed by atoms with van der Waals surface area (Å²) in [4.78, 5) is 2.58. The van der Waals surface area contributed by atoms with Gasteiger partial charge >= 0.3 is 0 Å². The van der Waals surface area contributed by atoms with Gasteiger partial charge in [0, 0.05) is 4.91 Å². The monoisotopic (exact) mass is 231 g/mol. The Morgan fingerprint density at radius 1 is 1.38 bits per heavy atom. The molecule has 1 aliphatic heterocycles. The van der Waals surface area contributed by atoms with Crippen LogP contribution in [0.15, 0.2) is 5.11 Å². The molecule has 0 aromatic heterocycles. The van der Waals surface area contributed by atoms with Crippen LogP contribution < -0.4 is 0 Å². The Bertz CT molecular complexity index is 278. The number of aliphatic hydroxyl groups is 3. The van der Waals surface area contributed by atoms with Crippen LogP contribution in [-0.4, -0.2) is 52.4 Å². The molecule has 5 atom stereocenters. The van der Waals surface area contributed by atoms with Gasteiger partial charge in [0.05, 0.1) is 31.0 Å². The number of nitrogens with zero attached hydrogens (tertiary/aromatic N) is 3. The molecule has 1 rings (SSSR count). The molecule has 0 aromatic carbocycles. The first-order valence-electron chi connectivity index (χ1n) is 5.19. The van der Waals surface area contributed by atoms with Crippen LogP contribution in [0.3, 0.4) is 0 Å². The minimum atomic E-state index is -1.21. The van der Waals surface area contributed by atoms with E-state index in [1.54, 1.807) is 0 Å². The van der Waals surface area contributed by atoms with Crippen LogP contribution in [0.4, 0.5) is 0 Å². The standard InChI is InChI=1S/C9H17N3O4/c1-4(2)9-8(15)7(14)6(11-12-10)5(3-13)16-9/h4-9,13-15H,3H2,1-2H3/t5?,6-,7?,8+,9+/m1/s1. The summed E-state index contributed by atoms with van der Waals surface area (Å²) in [5.41, 5.74) is 8.34. The molecule has 7 nitrogen and oxygen atoms in total. The van der Waals surface area contributed by atoms with E-state index in [0.717, 1.165) is 0 Å². The molecule has 1 heterocycles. The van der Waals surface area contributed by atoms with Gasteiger partial charge in [-0.2, -0.15) is 0 Å². The van der Waals surface area contributed by atoms with Crippen molar-refractivity contribution in [3.05, 3.63) is 10.4 Å². The number of aliphatic hydroxyl groups excluding tert-OH is 3. The summed E-state index contributed by atoms with van der Waals surface area (Å²) < 4.78 is 5.42. The molecule has 1 saturated heterocycles. The molecule has 7 heteroatoms. The molecule has 0 aromatic rings. The average molecular weight is 231 g/mol. The number of hydrogen-bond donors (Lipinski definition) is 3. The summed E-state index contributed by atoms with van der Waals surface area (Å²) >= 11 is 0. The van der Waals surface area contributed by atoms with E-state index in [-0.39, 0.29) is 12.5 Å². The lowest BCUT2D eigenvalue weighted by Crippen LogP contribution is -2.59. The summed E-state index contributed by atoms with van der Waals surface area (Å²) in [5.74, 6) is -0.00860. The number of ether oxygens (including phenoxy) is 1. The van der Waals surface area contributed by atoms with Gasteiger partial charge < -0.3 is 20.1 Å². The van der Waals surface area contributed by atoms with Crippen molar-refractivity contribution in [3.8, 4) is 0 Å². The van der Waals surface area contributed by atoms with Crippen molar-refractivity contribution in [2.45, 2.75) is 44.3 Å². The molecule has 0 radical (unpaired) electrons. The maximum absolute atomic E-state index is 9.78. The van der Waals surface area contributed by atoms with E-state index in [1.807, 2.05) is 13.8 Å². The Morgan fingerprint density at radius 2 is 2.00 bits per heavy atom. The fraction of sp³-hybridized carbons (Fsp3) is 1.00. The van der Waals surface area contributed by atoms with Crippen molar-refractivity contribution < 1.29 is 20.1 Å². The lowest BCUT2D eigenvalue weighted by Gasteiger charge is -2.42. The quantitative estimate of drug-likeness (QED) is 0.354. The fourth-order valence-corrected chi connectivity index (χ4v) is 1.88. The van der Waals surface area contributed by atoms with Gasteiger partial charge in [0.15, 0.2) is 0 Å². The molecular weight excluding hydrogens is 214 g/mol. The smallest absolute Gasteiger partial charge is 0.107 e. The van der Waals surface area contributed by atoms with Crippen molar-refractivity contribution in [2.24, 2.45) is 11.0 Å². The average Bonchev–Trinajstić information content (AvgIpc) is 2.25. The minimum absolute atomic E-state index is 0.00860. The Balaban J connectivity index is 2.89. The summed E-state index contributed by atoms with van der Waals surface area (Å²) in [6.45, 7) is 3.31. The lowest BCUT2D eigenvalue weighted by atomic mass is 9.88. The fourth-order valence-electron chi connectivity index (χ4n) is 1.88. The highest BCUT2D eigenvalue weighted by Crippen LogP contribution is 2.27. The summed E-state index contributed by atoms with van der Waals surface area (Å²) in [6, 6.07) is -0.958. The van der Waals surface area contributed by atoms with Gasteiger partial charge in [0.2, 0.25) is 0 Å². The Hall–Kier alpha value is -0.850.